The number of nitrogens with zero attached hydrogens (tertiary/aromatic N) is 1. The van der Waals surface area contributed by atoms with Crippen molar-refractivity contribution < 1.29 is 36.7 Å². The number of rotatable bonds is 6. The highest BCUT2D eigenvalue weighted by atomic mass is 35.5. The molecule has 35 heavy (non-hydrogen) atoms. The Morgan fingerprint density at radius 1 is 0.914 bits per heavy atom. The van der Waals surface area contributed by atoms with E-state index in [2.05, 4.69) is 16.0 Å². The first-order chi connectivity index (χ1) is 16.3. The van der Waals surface area contributed by atoms with Crippen LogP contribution in [0.15, 0.2) is 48.5 Å². The third-order valence-electron chi connectivity index (χ3n) is 6.41. The monoisotopic (exact) mass is 520 g/mol. The first-order valence-corrected chi connectivity index (χ1v) is 13.1. The van der Waals surface area contributed by atoms with Crippen LogP contribution in [0, 0.1) is 0 Å². The molecule has 0 spiro atoms. The number of nitrogens with two attached hydrogens (primary N) is 3. The zero-order valence-corrected chi connectivity index (χ0v) is 20.8. The standard InChI is InChI=1S/C23H29N6O4P.ClH/c24-22(31)27-15-5-1-7-17(13-15)34(33,18-8-2-6-16(14-18)28-23(25)32)20-10-4-12-29(20)21(30)19-9-3-11-26-19;/h1-2,5-8,13-14,19-20,26H,3-4,9-12H2,(H3,24,27,31)(H3,25,28,32);1H/t19-,20?;/m0./s1. The van der Waals surface area contributed by atoms with Gasteiger partial charge in [-0.1, -0.05) is 24.3 Å². The van der Waals surface area contributed by atoms with E-state index in [4.69, 9.17) is 11.5 Å². The van der Waals surface area contributed by atoms with Crippen molar-refractivity contribution in [1.82, 2.24) is 4.90 Å². The van der Waals surface area contributed by atoms with E-state index >= 15 is 4.57 Å². The second-order valence-corrected chi connectivity index (χ2v) is 11.6. The van der Waals surface area contributed by atoms with Crippen molar-refractivity contribution in [3.63, 3.8) is 0 Å². The molecule has 2 atom stereocenters. The normalized spacial score (nSPS) is 19.6. The lowest BCUT2D eigenvalue weighted by molar-refractivity contribution is -0.658. The molecule has 2 aromatic carbocycles. The summed E-state index contributed by atoms with van der Waals surface area (Å²) in [5.41, 5.74) is 11.4. The topological polar surface area (TPSA) is 164 Å². The smallest absolute Gasteiger partial charge is 0.316 e. The maximum absolute atomic E-state index is 15.1. The van der Waals surface area contributed by atoms with E-state index in [-0.39, 0.29) is 24.4 Å². The molecule has 2 aromatic rings. The zero-order valence-electron chi connectivity index (χ0n) is 19.2. The lowest BCUT2D eigenvalue weighted by Crippen LogP contribution is -3.00. The minimum atomic E-state index is -3.46. The van der Waals surface area contributed by atoms with Crippen LogP contribution < -0.4 is 50.4 Å². The molecule has 0 aromatic heterocycles. The van der Waals surface area contributed by atoms with Gasteiger partial charge < -0.3 is 49.3 Å². The summed E-state index contributed by atoms with van der Waals surface area (Å²) in [6.45, 7) is 1.45. The number of likely N-dealkylation sites (tertiary alicyclic amines) is 1. The van der Waals surface area contributed by atoms with Gasteiger partial charge in [-0.05, 0) is 37.1 Å². The molecule has 10 nitrogen and oxygen atoms in total. The molecule has 2 heterocycles. The van der Waals surface area contributed by atoms with Crippen LogP contribution in [0.25, 0.3) is 0 Å². The average Bonchev–Trinajstić information content (AvgIpc) is 3.50. The molecule has 0 saturated carbocycles. The van der Waals surface area contributed by atoms with Gasteiger partial charge in [0.2, 0.25) is 0 Å². The van der Waals surface area contributed by atoms with Crippen LogP contribution in [0.1, 0.15) is 25.7 Å². The summed E-state index contributed by atoms with van der Waals surface area (Å²) in [6, 6.07) is 11.9. The molecule has 0 radical (unpaired) electrons. The summed E-state index contributed by atoms with van der Waals surface area (Å²) >= 11 is 0. The van der Waals surface area contributed by atoms with E-state index in [1.807, 2.05) is 0 Å². The van der Waals surface area contributed by atoms with Crippen molar-refractivity contribution in [2.75, 3.05) is 23.7 Å². The maximum atomic E-state index is 15.1. The van der Waals surface area contributed by atoms with Gasteiger partial charge in [0.15, 0.2) is 13.2 Å². The molecule has 2 aliphatic rings. The number of primary amides is 2. The van der Waals surface area contributed by atoms with E-state index < -0.39 is 25.0 Å². The number of nitrogens with one attached hydrogen (secondary N) is 2. The van der Waals surface area contributed by atoms with Crippen molar-refractivity contribution in [2.45, 2.75) is 37.5 Å². The van der Waals surface area contributed by atoms with Crippen molar-refractivity contribution in [2.24, 2.45) is 11.5 Å². The van der Waals surface area contributed by atoms with Crippen LogP contribution in [0.3, 0.4) is 0 Å². The number of hydrogen-bond acceptors (Lipinski definition) is 4. The fourth-order valence-corrected chi connectivity index (χ4v) is 8.39. The molecular weight excluding hydrogens is 491 g/mol. The minimum Gasteiger partial charge on any atom is -1.00 e. The van der Waals surface area contributed by atoms with Crippen molar-refractivity contribution in [1.29, 1.82) is 0 Å². The van der Waals surface area contributed by atoms with E-state index in [0.717, 1.165) is 25.8 Å². The third kappa shape index (κ3) is 5.61. The van der Waals surface area contributed by atoms with E-state index in [1.165, 1.54) is 0 Å². The average molecular weight is 521 g/mol. The summed E-state index contributed by atoms with van der Waals surface area (Å²) in [4.78, 5) is 38.0. The van der Waals surface area contributed by atoms with E-state index in [1.54, 1.807) is 53.4 Å². The molecule has 5 amide bonds. The van der Waals surface area contributed by atoms with Crippen LogP contribution in [-0.4, -0.2) is 47.8 Å². The van der Waals surface area contributed by atoms with Crippen molar-refractivity contribution in [3.8, 4) is 0 Å². The highest BCUT2D eigenvalue weighted by Crippen LogP contribution is 2.54. The predicted molar refractivity (Wildman–Crippen MR) is 131 cm³/mol. The molecule has 2 aliphatic heterocycles. The Kier molecular flexibility index (Phi) is 8.43. The van der Waals surface area contributed by atoms with Gasteiger partial charge in [0.1, 0.15) is 0 Å². The Labute approximate surface area is 210 Å². The van der Waals surface area contributed by atoms with Crippen LogP contribution in [-0.2, 0) is 9.36 Å². The summed E-state index contributed by atoms with van der Waals surface area (Å²) in [5.74, 6) is -0.528. The number of carbonyl (C=O) groups excluding carboxylic acids is 3. The molecule has 4 rings (SSSR count). The number of amides is 5. The van der Waals surface area contributed by atoms with Crippen LogP contribution in [0.4, 0.5) is 21.0 Å². The molecule has 8 N–H and O–H groups in total. The molecular formula is C23H30ClN6O4P. The Morgan fingerprint density at radius 3 is 1.97 bits per heavy atom. The number of benzene rings is 2. The molecule has 0 aliphatic carbocycles. The molecule has 2 fully saturated rings. The first-order valence-electron chi connectivity index (χ1n) is 11.4. The Hall–Kier alpha value is -3.07. The van der Waals surface area contributed by atoms with Gasteiger partial charge in [-0.2, -0.15) is 0 Å². The molecule has 12 heteroatoms. The summed E-state index contributed by atoms with van der Waals surface area (Å²) in [5, 5.41) is 8.11. The van der Waals surface area contributed by atoms with Gasteiger partial charge in [0, 0.05) is 41.4 Å². The number of carbonyl (C=O) groups is 3. The second kappa shape index (κ2) is 11.1. The van der Waals surface area contributed by atoms with Crippen LogP contribution in [0.5, 0.6) is 0 Å². The second-order valence-electron chi connectivity index (χ2n) is 8.66. The van der Waals surface area contributed by atoms with Gasteiger partial charge in [-0.3, -0.25) is 4.79 Å². The summed E-state index contributed by atoms with van der Waals surface area (Å²) in [7, 11) is -3.46. The summed E-state index contributed by atoms with van der Waals surface area (Å²) < 4.78 is 15.1. The van der Waals surface area contributed by atoms with Gasteiger partial charge in [0.25, 0.3) is 5.91 Å². The third-order valence-corrected chi connectivity index (χ3v) is 9.87. The lowest BCUT2D eigenvalue weighted by Gasteiger charge is -2.33. The molecule has 0 bridgehead atoms. The zero-order chi connectivity index (χ0) is 24.3. The minimum absolute atomic E-state index is 0. The number of quaternary nitrogens is 1. The van der Waals surface area contributed by atoms with Gasteiger partial charge >= 0.3 is 12.1 Å². The summed E-state index contributed by atoms with van der Waals surface area (Å²) in [6.07, 6.45) is 3.11. The Bertz CT molecular complexity index is 1090. The lowest BCUT2D eigenvalue weighted by atomic mass is 10.2. The fourth-order valence-electron chi connectivity index (χ4n) is 4.95. The first kappa shape index (κ1) is 26.5. The van der Waals surface area contributed by atoms with E-state index in [9.17, 15) is 14.4 Å². The van der Waals surface area contributed by atoms with Crippen LogP contribution in [0.2, 0.25) is 0 Å². The largest absolute Gasteiger partial charge is 1.00 e. The highest BCUT2D eigenvalue weighted by Gasteiger charge is 2.47. The number of anilines is 2. The highest BCUT2D eigenvalue weighted by molar-refractivity contribution is 7.79. The molecule has 188 valence electrons. The van der Waals surface area contributed by atoms with Crippen LogP contribution >= 0.6 is 7.14 Å². The maximum Gasteiger partial charge on any atom is 0.316 e. The van der Waals surface area contributed by atoms with Gasteiger partial charge in [-0.25, -0.2) is 9.59 Å². The van der Waals surface area contributed by atoms with E-state index in [0.29, 0.717) is 34.9 Å². The van der Waals surface area contributed by atoms with Crippen molar-refractivity contribution >= 4 is 47.1 Å². The van der Waals surface area contributed by atoms with Gasteiger partial charge in [0.05, 0.1) is 12.3 Å². The number of urea groups is 2. The Balaban J connectivity index is 0.00000342. The number of hydrogen-bond donors (Lipinski definition) is 5. The SMILES string of the molecule is NC(=O)Nc1cccc(P(=O)(c2cccc(NC(N)=O)c2)C2CCCN2C(=O)[C@@H]2CCC[NH2+]2)c1.[Cl-]. The predicted octanol–water partition coefficient (Wildman–Crippen LogP) is -2.34. The Morgan fingerprint density at radius 2 is 1.49 bits per heavy atom. The fraction of sp³-hybridized carbons (Fsp3) is 0.348. The number of halogens is 1. The van der Waals surface area contributed by atoms with Crippen molar-refractivity contribution in [3.05, 3.63) is 48.5 Å². The van der Waals surface area contributed by atoms with Gasteiger partial charge in [-0.15, -0.1) is 0 Å². The quantitative estimate of drug-likeness (QED) is 0.270. The molecule has 2 saturated heterocycles. The molecule has 1 unspecified atom stereocenters.